The van der Waals surface area contributed by atoms with Crippen molar-refractivity contribution < 1.29 is 19.1 Å². The molecule has 9 heteroatoms. The van der Waals surface area contributed by atoms with Crippen LogP contribution in [0.5, 0.6) is 0 Å². The molecule has 0 spiro atoms. The minimum Gasteiger partial charge on any atom is -0.477 e. The number of aromatic carboxylic acids is 1. The highest BCUT2D eigenvalue weighted by Gasteiger charge is 2.32. The summed E-state index contributed by atoms with van der Waals surface area (Å²) in [6.45, 7) is 3.36. The standard InChI is InChI=1S/C30H20Cl2N2O4S/c1-30(2,28(35)18-10-8-16(31)12-21(18)32)34-23-13-25(39-27(23)29(36)37)15-7-9-19-24(11-15)38-14-20-17-5-3-4-6-22(17)33-26(19)20/h3-14,34H,1-2H3,(H,36,37). The molecule has 0 unspecified atom stereocenters. The third kappa shape index (κ3) is 4.42. The van der Waals surface area contributed by atoms with Crippen molar-refractivity contribution in [3.8, 4) is 21.7 Å². The number of para-hydroxylation sites is 1. The fourth-order valence-electron chi connectivity index (χ4n) is 4.71. The Hall–Kier alpha value is -3.91. The summed E-state index contributed by atoms with van der Waals surface area (Å²) in [5.74, 6) is -1.39. The summed E-state index contributed by atoms with van der Waals surface area (Å²) in [5.41, 5.74) is 3.58. The molecule has 4 aromatic rings. The van der Waals surface area contributed by atoms with Gasteiger partial charge in [-0.1, -0.05) is 47.5 Å². The Morgan fingerprint density at radius 1 is 1.00 bits per heavy atom. The molecular weight excluding hydrogens is 555 g/mol. The minimum absolute atomic E-state index is 0.0875. The highest BCUT2D eigenvalue weighted by atomic mass is 35.5. The number of anilines is 1. The number of carboxylic acid groups (broad SMARTS) is 1. The number of carboxylic acids is 1. The molecule has 0 amide bonds. The molecule has 0 saturated heterocycles. The number of nitrogens with zero attached hydrogens (tertiary/aromatic N) is 1. The lowest BCUT2D eigenvalue weighted by Gasteiger charge is -2.26. The summed E-state index contributed by atoms with van der Waals surface area (Å²) in [6, 6.07) is 20.0. The zero-order chi connectivity index (χ0) is 27.5. The van der Waals surface area contributed by atoms with E-state index in [2.05, 4.69) is 5.32 Å². The number of hydrogen-bond donors (Lipinski definition) is 2. The van der Waals surface area contributed by atoms with E-state index in [1.54, 1.807) is 38.3 Å². The topological polar surface area (TPSA) is 92.4 Å². The van der Waals surface area contributed by atoms with Gasteiger partial charge in [-0.3, -0.25) is 4.79 Å². The molecule has 6 rings (SSSR count). The fraction of sp³-hybridized carbons (Fsp3) is 0.100. The van der Waals surface area contributed by atoms with E-state index < -0.39 is 11.5 Å². The Bertz CT molecular complexity index is 1910. The van der Waals surface area contributed by atoms with Crippen LogP contribution in [0, 0.1) is 0 Å². The second-order valence-electron chi connectivity index (χ2n) is 9.70. The molecule has 3 aromatic carbocycles. The van der Waals surface area contributed by atoms with Gasteiger partial charge in [0.2, 0.25) is 0 Å². The van der Waals surface area contributed by atoms with Gasteiger partial charge in [-0.15, -0.1) is 11.3 Å². The monoisotopic (exact) mass is 574 g/mol. The SMILES string of the molecule is CC(C)(Nc1cc(-c2ccc3c4nc5ccccc5c-4coc3c2)sc1C(=O)O)C(=O)c1ccc(Cl)cc1Cl. The fourth-order valence-corrected chi connectivity index (χ4v) is 6.15. The van der Waals surface area contributed by atoms with Crippen molar-refractivity contribution in [2.75, 3.05) is 5.32 Å². The first-order valence-electron chi connectivity index (χ1n) is 12.0. The van der Waals surface area contributed by atoms with Gasteiger partial charge in [0, 0.05) is 31.8 Å². The van der Waals surface area contributed by atoms with E-state index in [9.17, 15) is 14.7 Å². The number of halogens is 2. The first kappa shape index (κ1) is 25.4. The number of rotatable bonds is 6. The molecule has 0 atom stereocenters. The molecule has 0 aliphatic carbocycles. The quantitative estimate of drug-likeness (QED) is 0.193. The average Bonchev–Trinajstić information content (AvgIpc) is 3.49. The number of thiophene rings is 1. The molecule has 0 bridgehead atoms. The van der Waals surface area contributed by atoms with E-state index in [0.29, 0.717) is 26.7 Å². The Morgan fingerprint density at radius 3 is 2.56 bits per heavy atom. The van der Waals surface area contributed by atoms with Gasteiger partial charge in [0.15, 0.2) is 5.78 Å². The van der Waals surface area contributed by atoms with Gasteiger partial charge in [-0.2, -0.15) is 0 Å². The van der Waals surface area contributed by atoms with Crippen molar-refractivity contribution in [3.63, 3.8) is 0 Å². The molecule has 1 aromatic heterocycles. The van der Waals surface area contributed by atoms with Crippen LogP contribution in [0.25, 0.3) is 43.6 Å². The normalized spacial score (nSPS) is 11.9. The van der Waals surface area contributed by atoms with Crippen LogP contribution in [0.3, 0.4) is 0 Å². The van der Waals surface area contributed by atoms with Gasteiger partial charge in [0.25, 0.3) is 0 Å². The smallest absolute Gasteiger partial charge is 0.348 e. The van der Waals surface area contributed by atoms with Crippen LogP contribution in [0.2, 0.25) is 10.0 Å². The maximum Gasteiger partial charge on any atom is 0.348 e. The summed E-state index contributed by atoms with van der Waals surface area (Å²) in [7, 11) is 0. The van der Waals surface area contributed by atoms with E-state index in [0.717, 1.165) is 44.4 Å². The summed E-state index contributed by atoms with van der Waals surface area (Å²) in [4.78, 5) is 31.1. The maximum absolute atomic E-state index is 13.3. The van der Waals surface area contributed by atoms with E-state index in [-0.39, 0.29) is 15.7 Å². The largest absolute Gasteiger partial charge is 0.477 e. The molecule has 2 N–H and O–H groups in total. The van der Waals surface area contributed by atoms with Gasteiger partial charge in [0.1, 0.15) is 16.7 Å². The zero-order valence-electron chi connectivity index (χ0n) is 20.7. The number of hydrogen-bond acceptors (Lipinski definition) is 6. The third-order valence-corrected chi connectivity index (χ3v) is 8.34. The predicted octanol–water partition coefficient (Wildman–Crippen LogP) is 8.89. The van der Waals surface area contributed by atoms with Gasteiger partial charge < -0.3 is 14.8 Å². The zero-order valence-corrected chi connectivity index (χ0v) is 23.0. The number of ketones is 1. The second kappa shape index (κ2) is 9.38. The van der Waals surface area contributed by atoms with Crippen LogP contribution < -0.4 is 5.32 Å². The average molecular weight is 575 g/mol. The minimum atomic E-state index is -1.16. The van der Waals surface area contributed by atoms with Crippen LogP contribution in [0.1, 0.15) is 33.9 Å². The molecule has 0 saturated carbocycles. The number of fused-ring (bicyclic) bond motifs is 5. The molecule has 0 radical (unpaired) electrons. The molecule has 6 nitrogen and oxygen atoms in total. The Kier molecular flexibility index (Phi) is 6.10. The van der Waals surface area contributed by atoms with E-state index in [1.165, 1.54) is 6.07 Å². The first-order chi connectivity index (χ1) is 18.6. The van der Waals surface area contributed by atoms with Crippen molar-refractivity contribution in [2.24, 2.45) is 0 Å². The second-order valence-corrected chi connectivity index (χ2v) is 11.6. The molecule has 3 heterocycles. The summed E-state index contributed by atoms with van der Waals surface area (Å²) in [5, 5.41) is 15.6. The number of nitrogens with one attached hydrogen (secondary N) is 1. The molecule has 194 valence electrons. The number of aromatic nitrogens is 1. The Morgan fingerprint density at radius 2 is 1.79 bits per heavy atom. The number of carbonyl (C=O) groups is 2. The van der Waals surface area contributed by atoms with Crippen molar-refractivity contribution in [3.05, 3.63) is 93.5 Å². The van der Waals surface area contributed by atoms with Crippen LogP contribution in [-0.4, -0.2) is 27.4 Å². The van der Waals surface area contributed by atoms with Gasteiger partial charge in [0.05, 0.1) is 27.5 Å². The van der Waals surface area contributed by atoms with Crippen molar-refractivity contribution in [1.29, 1.82) is 0 Å². The lowest BCUT2D eigenvalue weighted by molar-refractivity contribution is 0.0702. The van der Waals surface area contributed by atoms with E-state index >= 15 is 0 Å². The lowest BCUT2D eigenvalue weighted by Crippen LogP contribution is -2.40. The van der Waals surface area contributed by atoms with Crippen molar-refractivity contribution in [2.45, 2.75) is 19.4 Å². The maximum atomic E-state index is 13.3. The molecule has 39 heavy (non-hydrogen) atoms. The summed E-state index contributed by atoms with van der Waals surface area (Å²) in [6.07, 6.45) is 1.71. The van der Waals surface area contributed by atoms with Crippen LogP contribution in [0.4, 0.5) is 5.69 Å². The highest BCUT2D eigenvalue weighted by molar-refractivity contribution is 7.18. The number of carbonyl (C=O) groups excluding carboxylic acids is 1. The van der Waals surface area contributed by atoms with Crippen molar-refractivity contribution in [1.82, 2.24) is 4.98 Å². The van der Waals surface area contributed by atoms with Crippen LogP contribution in [0.15, 0.2) is 77.4 Å². The number of benzene rings is 3. The first-order valence-corrected chi connectivity index (χ1v) is 13.5. The molecule has 0 fully saturated rings. The van der Waals surface area contributed by atoms with Crippen molar-refractivity contribution >= 4 is 73.9 Å². The predicted molar refractivity (Wildman–Crippen MR) is 157 cm³/mol. The third-order valence-electron chi connectivity index (χ3n) is 6.62. The van der Waals surface area contributed by atoms with Gasteiger partial charge in [-0.25, -0.2) is 9.78 Å². The summed E-state index contributed by atoms with van der Waals surface area (Å²) < 4.78 is 5.98. The number of Topliss-reactive ketones (excluding diaryl/α,β-unsaturated/α-hetero) is 1. The highest BCUT2D eigenvalue weighted by Crippen LogP contribution is 2.41. The summed E-state index contributed by atoms with van der Waals surface area (Å²) >= 11 is 13.4. The van der Waals surface area contributed by atoms with E-state index in [1.807, 2.05) is 42.5 Å². The Balaban J connectivity index is 1.38. The Labute approximate surface area is 237 Å². The molecule has 2 aliphatic rings. The van der Waals surface area contributed by atoms with Crippen LogP contribution >= 0.6 is 34.5 Å². The van der Waals surface area contributed by atoms with Gasteiger partial charge >= 0.3 is 5.97 Å². The lowest BCUT2D eigenvalue weighted by atomic mass is 9.92. The van der Waals surface area contributed by atoms with E-state index in [4.69, 9.17) is 32.6 Å². The molecular formula is C30H20Cl2N2O4S. The molecule has 2 aliphatic heterocycles. The van der Waals surface area contributed by atoms with Gasteiger partial charge in [-0.05, 0) is 61.9 Å². The van der Waals surface area contributed by atoms with Crippen LogP contribution in [-0.2, 0) is 0 Å².